The average molecular weight is 355 g/mol. The first kappa shape index (κ1) is 17.1. The number of carbonyl (C=O) groups excluding carboxylic acids is 1. The van der Waals surface area contributed by atoms with Gasteiger partial charge in [0, 0.05) is 26.6 Å². The van der Waals surface area contributed by atoms with Gasteiger partial charge in [0.2, 0.25) is 5.91 Å². The van der Waals surface area contributed by atoms with Crippen molar-refractivity contribution < 1.29 is 4.79 Å². The first-order valence-corrected chi connectivity index (χ1v) is 9.13. The first-order valence-electron chi connectivity index (χ1n) is 8.37. The molecule has 0 N–H and O–H groups in total. The van der Waals surface area contributed by atoms with Gasteiger partial charge in [0.1, 0.15) is 0 Å². The molecule has 3 nitrogen and oxygen atoms in total. The summed E-state index contributed by atoms with van der Waals surface area (Å²) in [7, 11) is 3.62. The number of benzene rings is 1. The van der Waals surface area contributed by atoms with Crippen LogP contribution in [-0.4, -0.2) is 42.9 Å². The lowest BCUT2D eigenvalue weighted by atomic mass is 9.70. The van der Waals surface area contributed by atoms with Crippen LogP contribution in [0.3, 0.4) is 0 Å². The fourth-order valence-electron chi connectivity index (χ4n) is 3.66. The van der Waals surface area contributed by atoms with E-state index in [4.69, 9.17) is 23.2 Å². The molecule has 1 aliphatic carbocycles. The quantitative estimate of drug-likeness (QED) is 0.809. The minimum absolute atomic E-state index is 0.133. The number of rotatable bonds is 4. The van der Waals surface area contributed by atoms with E-state index in [2.05, 4.69) is 17.0 Å². The molecule has 2 aliphatic rings. The Labute approximate surface area is 148 Å². The Morgan fingerprint density at radius 1 is 1.17 bits per heavy atom. The molecule has 5 heteroatoms. The molecule has 0 aromatic heterocycles. The van der Waals surface area contributed by atoms with Gasteiger partial charge in [-0.15, -0.1) is 0 Å². The summed E-state index contributed by atoms with van der Waals surface area (Å²) in [5.41, 5.74) is 2.22. The van der Waals surface area contributed by atoms with E-state index in [1.165, 1.54) is 12.8 Å². The van der Waals surface area contributed by atoms with Crippen molar-refractivity contribution in [3.8, 4) is 0 Å². The molecule has 1 saturated carbocycles. The van der Waals surface area contributed by atoms with Gasteiger partial charge in [-0.05, 0) is 55.8 Å². The van der Waals surface area contributed by atoms with Crippen LogP contribution in [0.1, 0.15) is 42.7 Å². The number of hydrogen-bond donors (Lipinski definition) is 0. The maximum atomic E-state index is 12.0. The number of hydrogen-bond acceptors (Lipinski definition) is 2. The van der Waals surface area contributed by atoms with Crippen LogP contribution in [0.25, 0.3) is 0 Å². The summed E-state index contributed by atoms with van der Waals surface area (Å²) in [6, 6.07) is 4.23. The van der Waals surface area contributed by atoms with Gasteiger partial charge in [-0.25, -0.2) is 0 Å². The zero-order valence-electron chi connectivity index (χ0n) is 13.8. The SMILES string of the molecule is CN(C)C(=O)[C@H]1C[C@H](c2ccc(CN3CCCC3)c(Cl)c2Cl)C1. The van der Waals surface area contributed by atoms with Crippen molar-refractivity contribution in [1.82, 2.24) is 9.80 Å². The Bertz CT molecular complexity index is 591. The van der Waals surface area contributed by atoms with Gasteiger partial charge in [0.15, 0.2) is 0 Å². The number of carbonyl (C=O) groups is 1. The maximum absolute atomic E-state index is 12.0. The molecule has 0 spiro atoms. The third-order valence-corrected chi connectivity index (χ3v) is 6.09. The molecular weight excluding hydrogens is 331 g/mol. The van der Waals surface area contributed by atoms with Gasteiger partial charge in [0.05, 0.1) is 10.0 Å². The second-order valence-corrected chi connectivity index (χ2v) is 7.78. The Balaban J connectivity index is 1.68. The minimum Gasteiger partial charge on any atom is -0.349 e. The number of likely N-dealkylation sites (tertiary alicyclic amines) is 1. The van der Waals surface area contributed by atoms with Crippen LogP contribution in [0.15, 0.2) is 12.1 Å². The van der Waals surface area contributed by atoms with Gasteiger partial charge in [-0.1, -0.05) is 35.3 Å². The molecule has 23 heavy (non-hydrogen) atoms. The highest BCUT2D eigenvalue weighted by molar-refractivity contribution is 6.43. The number of amides is 1. The van der Waals surface area contributed by atoms with Crippen molar-refractivity contribution in [3.63, 3.8) is 0 Å². The lowest BCUT2D eigenvalue weighted by molar-refractivity contribution is -0.136. The largest absolute Gasteiger partial charge is 0.349 e. The molecule has 1 aromatic rings. The predicted molar refractivity (Wildman–Crippen MR) is 95.1 cm³/mol. The fourth-order valence-corrected chi connectivity index (χ4v) is 4.23. The summed E-state index contributed by atoms with van der Waals surface area (Å²) in [6.07, 6.45) is 4.29. The summed E-state index contributed by atoms with van der Waals surface area (Å²) in [5, 5.41) is 1.38. The van der Waals surface area contributed by atoms with Gasteiger partial charge in [0.25, 0.3) is 0 Å². The van der Waals surface area contributed by atoms with Crippen LogP contribution < -0.4 is 0 Å². The topological polar surface area (TPSA) is 23.6 Å². The third-order valence-electron chi connectivity index (χ3n) is 5.15. The Morgan fingerprint density at radius 3 is 2.43 bits per heavy atom. The molecule has 1 heterocycles. The minimum atomic E-state index is 0.133. The van der Waals surface area contributed by atoms with E-state index in [1.807, 2.05) is 14.1 Å². The van der Waals surface area contributed by atoms with Crippen molar-refractivity contribution in [3.05, 3.63) is 33.3 Å². The molecule has 1 saturated heterocycles. The van der Waals surface area contributed by atoms with E-state index in [-0.39, 0.29) is 11.8 Å². The molecule has 1 amide bonds. The van der Waals surface area contributed by atoms with Crippen LogP contribution in [-0.2, 0) is 11.3 Å². The van der Waals surface area contributed by atoms with E-state index < -0.39 is 0 Å². The summed E-state index contributed by atoms with van der Waals surface area (Å²) in [4.78, 5) is 16.1. The summed E-state index contributed by atoms with van der Waals surface area (Å²) in [6.45, 7) is 3.17. The highest BCUT2D eigenvalue weighted by atomic mass is 35.5. The van der Waals surface area contributed by atoms with Crippen molar-refractivity contribution in [1.29, 1.82) is 0 Å². The fraction of sp³-hybridized carbons (Fsp3) is 0.611. The molecule has 1 aromatic carbocycles. The van der Waals surface area contributed by atoms with Crippen LogP contribution in [0.5, 0.6) is 0 Å². The molecular formula is C18H24Cl2N2O. The van der Waals surface area contributed by atoms with Gasteiger partial charge >= 0.3 is 0 Å². The van der Waals surface area contributed by atoms with Crippen molar-refractivity contribution >= 4 is 29.1 Å². The zero-order chi connectivity index (χ0) is 16.6. The molecule has 2 fully saturated rings. The molecule has 126 valence electrons. The Kier molecular flexibility index (Phi) is 5.19. The molecule has 0 bridgehead atoms. The molecule has 3 rings (SSSR count). The van der Waals surface area contributed by atoms with E-state index in [0.717, 1.165) is 43.6 Å². The van der Waals surface area contributed by atoms with E-state index in [9.17, 15) is 4.79 Å². The average Bonchev–Trinajstić information content (AvgIpc) is 2.97. The van der Waals surface area contributed by atoms with Crippen LogP contribution in [0, 0.1) is 5.92 Å². The van der Waals surface area contributed by atoms with Crippen LogP contribution in [0.2, 0.25) is 10.0 Å². The summed E-state index contributed by atoms with van der Waals surface area (Å²) < 4.78 is 0. The van der Waals surface area contributed by atoms with Crippen molar-refractivity contribution in [2.45, 2.75) is 38.1 Å². The van der Waals surface area contributed by atoms with Crippen LogP contribution >= 0.6 is 23.2 Å². The van der Waals surface area contributed by atoms with Crippen molar-refractivity contribution in [2.75, 3.05) is 27.2 Å². The van der Waals surface area contributed by atoms with Crippen molar-refractivity contribution in [2.24, 2.45) is 5.92 Å². The summed E-state index contributed by atoms with van der Waals surface area (Å²) in [5.74, 6) is 0.706. The van der Waals surface area contributed by atoms with Gasteiger partial charge in [-0.2, -0.15) is 0 Å². The standard InChI is InChI=1S/C18H24Cl2N2O/c1-21(2)18(23)14-9-13(10-14)15-6-5-12(16(19)17(15)20)11-22-7-3-4-8-22/h5-6,13-14H,3-4,7-11H2,1-2H3/t13-,14-. The summed E-state index contributed by atoms with van der Waals surface area (Å²) >= 11 is 13.1. The monoisotopic (exact) mass is 354 g/mol. The zero-order valence-corrected chi connectivity index (χ0v) is 15.3. The molecule has 0 radical (unpaired) electrons. The Hall–Kier alpha value is -0.770. The highest BCUT2D eigenvalue weighted by Crippen LogP contribution is 2.46. The van der Waals surface area contributed by atoms with E-state index in [1.54, 1.807) is 4.90 Å². The number of nitrogens with zero attached hydrogens (tertiary/aromatic N) is 2. The predicted octanol–water partition coefficient (Wildman–Crippen LogP) is 4.17. The lowest BCUT2D eigenvalue weighted by Gasteiger charge is -2.36. The number of halogens is 2. The normalized spacial score (nSPS) is 24.5. The highest BCUT2D eigenvalue weighted by Gasteiger charge is 2.37. The second kappa shape index (κ2) is 7.00. The molecule has 0 unspecified atom stereocenters. The van der Waals surface area contributed by atoms with Gasteiger partial charge < -0.3 is 4.90 Å². The molecule has 0 atom stereocenters. The smallest absolute Gasteiger partial charge is 0.225 e. The first-order chi connectivity index (χ1) is 11.0. The Morgan fingerprint density at radius 2 is 1.83 bits per heavy atom. The van der Waals surface area contributed by atoms with E-state index >= 15 is 0 Å². The van der Waals surface area contributed by atoms with Gasteiger partial charge in [-0.3, -0.25) is 9.69 Å². The second-order valence-electron chi connectivity index (χ2n) is 7.02. The van der Waals surface area contributed by atoms with E-state index in [0.29, 0.717) is 16.0 Å². The lowest BCUT2D eigenvalue weighted by Crippen LogP contribution is -2.37. The maximum Gasteiger partial charge on any atom is 0.225 e. The van der Waals surface area contributed by atoms with Crippen LogP contribution in [0.4, 0.5) is 0 Å². The molecule has 1 aliphatic heterocycles. The third kappa shape index (κ3) is 3.52.